The molecule has 0 aliphatic heterocycles. The second-order valence-corrected chi connectivity index (χ2v) is 9.86. The van der Waals surface area contributed by atoms with E-state index >= 15 is 0 Å². The second-order valence-electron chi connectivity index (χ2n) is 4.29. The third-order valence-corrected chi connectivity index (χ3v) is 9.30. The average molecular weight is 329 g/mol. The van der Waals surface area contributed by atoms with Gasteiger partial charge in [0.1, 0.15) is 0 Å². The molecule has 3 aromatic carbocycles. The van der Waals surface area contributed by atoms with E-state index in [4.69, 9.17) is 0 Å². The maximum absolute atomic E-state index is 3.15. The van der Waals surface area contributed by atoms with Crippen LogP contribution in [0.15, 0.2) is 91.0 Å². The topological polar surface area (TPSA) is 0 Å². The van der Waals surface area contributed by atoms with Crippen molar-refractivity contribution < 1.29 is 12.4 Å². The van der Waals surface area contributed by atoms with Crippen LogP contribution in [0.5, 0.6) is 0 Å². The van der Waals surface area contributed by atoms with E-state index < -0.39 is 12.4 Å². The van der Waals surface area contributed by atoms with Crippen molar-refractivity contribution in [2.75, 3.05) is 0 Å². The van der Waals surface area contributed by atoms with E-state index in [1.165, 1.54) is 13.4 Å². The first-order valence-corrected chi connectivity index (χ1v) is 9.95. The molecule has 0 aliphatic carbocycles. The van der Waals surface area contributed by atoms with Gasteiger partial charge in [0.2, 0.25) is 0 Å². The average Bonchev–Trinajstić information content (AvgIpc) is 2.56. The van der Waals surface area contributed by atoms with Crippen molar-refractivity contribution in [2.24, 2.45) is 0 Å². The molecule has 0 saturated carbocycles. The molecule has 0 aliphatic rings. The summed E-state index contributed by atoms with van der Waals surface area (Å²) in [5.74, 6) is 0. The first-order valence-electron chi connectivity index (χ1n) is 6.39. The molecule has 0 bridgehead atoms. The van der Waals surface area contributed by atoms with Gasteiger partial charge in [-0.05, 0) is 0 Å². The van der Waals surface area contributed by atoms with Crippen LogP contribution in [-0.4, -0.2) is 0 Å². The molecule has 20 heavy (non-hydrogen) atoms. The van der Waals surface area contributed by atoms with Crippen molar-refractivity contribution >= 4 is 21.3 Å². The molecule has 0 radical (unpaired) electrons. The van der Waals surface area contributed by atoms with Gasteiger partial charge in [-0.15, -0.1) is 0 Å². The molecule has 1 atom stereocenters. The van der Waals surface area contributed by atoms with Crippen molar-refractivity contribution in [3.8, 4) is 0 Å². The second kappa shape index (κ2) is 5.94. The molecule has 0 N–H and O–H groups in total. The normalized spacial score (nSPS) is 12.1. The molecule has 0 saturated heterocycles. The number of rotatable bonds is 3. The molecule has 3 rings (SSSR count). The first-order chi connectivity index (χ1) is 9.82. The van der Waals surface area contributed by atoms with Crippen molar-refractivity contribution in [1.29, 1.82) is 0 Å². The van der Waals surface area contributed by atoms with E-state index in [1.54, 1.807) is 0 Å². The number of hydrogen-bond acceptors (Lipinski definition) is 0. The Morgan fingerprint density at radius 3 is 0.950 bits per heavy atom. The Kier molecular flexibility index (Phi) is 4.03. The van der Waals surface area contributed by atoms with Crippen LogP contribution in [0.3, 0.4) is 0 Å². The number of benzene rings is 3. The third kappa shape index (κ3) is 2.45. The Balaban J connectivity index is 2.24. The molecular weight excluding hydrogens is 311 g/mol. The predicted octanol–water partition coefficient (Wildman–Crippen LogP) is 2.64. The molecule has 1 unspecified atom stereocenters. The minimum atomic E-state index is -1.39. The van der Waals surface area contributed by atoms with E-state index in [2.05, 4.69) is 98.9 Å². The molecule has 0 fully saturated rings. The fraction of sp³-hybridized carbons (Fsp3) is 0. The fourth-order valence-corrected chi connectivity index (χ4v) is 6.64. The summed E-state index contributed by atoms with van der Waals surface area (Å²) in [7, 11) is 3.15. The Labute approximate surface area is 124 Å². The molecule has 0 amide bonds. The Hall–Kier alpha value is -1.39. The van der Waals surface area contributed by atoms with Gasteiger partial charge in [-0.25, -0.2) is 0 Å². The zero-order valence-corrected chi connectivity index (χ0v) is 13.2. The van der Waals surface area contributed by atoms with Gasteiger partial charge >= 0.3 is 125 Å². The standard InChI is InChI=1S/3C6H5.Cu.H2P.H/c3*1-2-4-6-5-3-1;;;/h3*1-5H;;1H2;/q;;;+1;-1;. The number of hydrogen-bond donors (Lipinski definition) is 0. The quantitative estimate of drug-likeness (QED) is 0.512. The monoisotopic (exact) mass is 328 g/mol. The van der Waals surface area contributed by atoms with Gasteiger partial charge in [-0.2, -0.15) is 0 Å². The molecule has 106 valence electrons. The van der Waals surface area contributed by atoms with Crippen LogP contribution in [0, 0.1) is 0 Å². The van der Waals surface area contributed by atoms with Gasteiger partial charge < -0.3 is 0 Å². The van der Waals surface area contributed by atoms with Crippen molar-refractivity contribution in [3.05, 3.63) is 91.0 Å². The Morgan fingerprint density at radius 1 is 0.450 bits per heavy atom. The summed E-state index contributed by atoms with van der Waals surface area (Å²) >= 11 is -1.39. The predicted molar refractivity (Wildman–Crippen MR) is 89.3 cm³/mol. The van der Waals surface area contributed by atoms with Crippen molar-refractivity contribution in [1.82, 2.24) is 0 Å². The van der Waals surface area contributed by atoms with Crippen molar-refractivity contribution in [3.63, 3.8) is 0 Å². The van der Waals surface area contributed by atoms with Gasteiger partial charge in [0.15, 0.2) is 0 Å². The van der Waals surface area contributed by atoms with Crippen molar-refractivity contribution in [2.45, 2.75) is 0 Å². The Bertz CT molecular complexity index is 569. The molecule has 3 aromatic rings. The summed E-state index contributed by atoms with van der Waals surface area (Å²) in [4.78, 5) is 0. The van der Waals surface area contributed by atoms with Gasteiger partial charge in [0, 0.05) is 0 Å². The third-order valence-electron chi connectivity index (χ3n) is 3.00. The van der Waals surface area contributed by atoms with E-state index in [0.29, 0.717) is 0 Å². The summed E-state index contributed by atoms with van der Waals surface area (Å²) in [6, 6.07) is 32.3. The SMILES string of the molecule is [PH2][CuH]([c]1ccccc1)([c]1ccccc1)[c]1ccccc1. The molecule has 0 spiro atoms. The van der Waals surface area contributed by atoms with Gasteiger partial charge in [0.05, 0.1) is 0 Å². The first kappa shape index (κ1) is 13.6. The van der Waals surface area contributed by atoms with E-state index in [0.717, 1.165) is 0 Å². The molecule has 2 heteroatoms. The van der Waals surface area contributed by atoms with Crippen LogP contribution in [0.4, 0.5) is 0 Å². The van der Waals surface area contributed by atoms with Crippen LogP contribution in [0.1, 0.15) is 0 Å². The zero-order valence-electron chi connectivity index (χ0n) is 11.1. The van der Waals surface area contributed by atoms with E-state index in [-0.39, 0.29) is 0 Å². The summed E-state index contributed by atoms with van der Waals surface area (Å²) < 4.78 is 4.12. The van der Waals surface area contributed by atoms with Gasteiger partial charge in [0.25, 0.3) is 0 Å². The van der Waals surface area contributed by atoms with Gasteiger partial charge in [-0.1, -0.05) is 0 Å². The molecule has 0 aromatic heterocycles. The zero-order chi connectivity index (χ0) is 13.8. The summed E-state index contributed by atoms with van der Waals surface area (Å²) in [5, 5.41) is 0. The fourth-order valence-electron chi connectivity index (χ4n) is 2.02. The molecular formula is C18H18CuP. The van der Waals surface area contributed by atoms with Crippen LogP contribution in [0.2, 0.25) is 0 Å². The summed E-state index contributed by atoms with van der Waals surface area (Å²) in [6.07, 6.45) is 0. The maximum atomic E-state index is 3.15. The van der Waals surface area contributed by atoms with Crippen LogP contribution >= 0.6 is 7.93 Å². The van der Waals surface area contributed by atoms with Gasteiger partial charge in [-0.3, -0.25) is 0 Å². The van der Waals surface area contributed by atoms with Crippen LogP contribution in [0.25, 0.3) is 0 Å². The van der Waals surface area contributed by atoms with Crippen LogP contribution in [-0.2, 0) is 12.4 Å². The summed E-state index contributed by atoms with van der Waals surface area (Å²) in [6.45, 7) is 0. The molecule has 0 nitrogen and oxygen atoms in total. The minimum absolute atomic E-state index is 1.37. The Morgan fingerprint density at radius 2 is 0.700 bits per heavy atom. The van der Waals surface area contributed by atoms with Crippen LogP contribution < -0.4 is 13.4 Å². The van der Waals surface area contributed by atoms with E-state index in [1.807, 2.05) is 0 Å². The molecule has 0 heterocycles. The summed E-state index contributed by atoms with van der Waals surface area (Å²) in [5.41, 5.74) is 0. The van der Waals surface area contributed by atoms with E-state index in [9.17, 15) is 0 Å².